The van der Waals surface area contributed by atoms with Crippen molar-refractivity contribution in [3.8, 4) is 0 Å². The summed E-state index contributed by atoms with van der Waals surface area (Å²) in [6.45, 7) is 8.55. The number of nitrogens with zero attached hydrogens (tertiary/aromatic N) is 1. The minimum absolute atomic E-state index is 0.00236. The van der Waals surface area contributed by atoms with Crippen LogP contribution in [0.4, 0.5) is 0 Å². The van der Waals surface area contributed by atoms with Crippen molar-refractivity contribution in [2.75, 3.05) is 39.5 Å². The van der Waals surface area contributed by atoms with Crippen molar-refractivity contribution < 1.29 is 19.7 Å². The molecule has 5 nitrogen and oxygen atoms in total. The Bertz CT molecular complexity index is 689. The summed E-state index contributed by atoms with van der Waals surface area (Å²) in [5.41, 5.74) is -0.430. The maximum atomic E-state index is 13.4. The summed E-state index contributed by atoms with van der Waals surface area (Å²) in [5, 5.41) is 21.4. The molecule has 5 aliphatic rings. The number of carbonyl (C=O) groups is 1. The molecule has 1 heterocycles. The van der Waals surface area contributed by atoms with Gasteiger partial charge in [-0.15, -0.1) is 0 Å². The second-order valence-corrected chi connectivity index (χ2v) is 12.3. The Kier molecular flexibility index (Phi) is 5.81. The van der Waals surface area contributed by atoms with Gasteiger partial charge in [0.2, 0.25) is 0 Å². The topological polar surface area (TPSA) is 70.0 Å². The first-order valence-corrected chi connectivity index (χ1v) is 13.0. The van der Waals surface area contributed by atoms with Gasteiger partial charge in [0.15, 0.2) is 0 Å². The van der Waals surface area contributed by atoms with Gasteiger partial charge in [-0.05, 0) is 99.2 Å². The normalized spacial score (nSPS) is 50.4. The van der Waals surface area contributed by atoms with E-state index in [1.165, 1.54) is 12.8 Å². The van der Waals surface area contributed by atoms with E-state index in [0.29, 0.717) is 36.0 Å². The molecule has 5 fully saturated rings. The molecular weight excluding hydrogens is 390 g/mol. The van der Waals surface area contributed by atoms with Gasteiger partial charge in [0.25, 0.3) is 0 Å². The minimum Gasteiger partial charge on any atom is -0.396 e. The molecule has 0 spiro atoms. The molecule has 1 aliphatic heterocycles. The summed E-state index contributed by atoms with van der Waals surface area (Å²) in [4.78, 5) is 15.7. The zero-order valence-corrected chi connectivity index (χ0v) is 19.7. The molecule has 176 valence electrons. The quantitative estimate of drug-likeness (QED) is 0.712. The van der Waals surface area contributed by atoms with E-state index in [1.807, 2.05) is 6.92 Å². The van der Waals surface area contributed by atoms with E-state index in [2.05, 4.69) is 11.8 Å². The highest BCUT2D eigenvalue weighted by Gasteiger charge is 2.62. The molecule has 1 saturated heterocycles. The lowest BCUT2D eigenvalue weighted by molar-refractivity contribution is -0.171. The van der Waals surface area contributed by atoms with Gasteiger partial charge in [0.05, 0.1) is 25.4 Å². The largest absolute Gasteiger partial charge is 0.396 e. The van der Waals surface area contributed by atoms with Gasteiger partial charge in [-0.1, -0.05) is 6.92 Å². The third-order valence-electron chi connectivity index (χ3n) is 10.8. The van der Waals surface area contributed by atoms with E-state index in [9.17, 15) is 15.0 Å². The molecule has 0 bridgehead atoms. The van der Waals surface area contributed by atoms with E-state index >= 15 is 0 Å². The first-order valence-electron chi connectivity index (χ1n) is 13.0. The number of rotatable bonds is 4. The molecule has 31 heavy (non-hydrogen) atoms. The van der Waals surface area contributed by atoms with Crippen LogP contribution in [-0.2, 0) is 9.53 Å². The fourth-order valence-corrected chi connectivity index (χ4v) is 9.16. The summed E-state index contributed by atoms with van der Waals surface area (Å²) in [5.74, 6) is 2.95. The smallest absolute Gasteiger partial charge is 0.150 e. The highest BCUT2D eigenvalue weighted by atomic mass is 16.5. The molecule has 0 radical (unpaired) electrons. The first-order chi connectivity index (χ1) is 14.8. The average molecular weight is 434 g/mol. The number of morpholine rings is 1. The highest BCUT2D eigenvalue weighted by Crippen LogP contribution is 2.68. The Morgan fingerprint density at radius 1 is 1.00 bits per heavy atom. The van der Waals surface area contributed by atoms with Crippen LogP contribution in [0.5, 0.6) is 0 Å². The van der Waals surface area contributed by atoms with E-state index in [1.54, 1.807) is 0 Å². The Balaban J connectivity index is 1.33. The second-order valence-electron chi connectivity index (χ2n) is 12.3. The van der Waals surface area contributed by atoms with Crippen LogP contribution in [0.1, 0.15) is 71.6 Å². The van der Waals surface area contributed by atoms with Gasteiger partial charge in [-0.3, -0.25) is 9.69 Å². The van der Waals surface area contributed by atoms with Crippen molar-refractivity contribution in [1.29, 1.82) is 0 Å². The predicted molar refractivity (Wildman–Crippen MR) is 120 cm³/mol. The first kappa shape index (κ1) is 22.3. The number of carbonyl (C=O) groups excluding carboxylic acids is 1. The molecule has 2 N–H and O–H groups in total. The van der Waals surface area contributed by atoms with Gasteiger partial charge in [-0.25, -0.2) is 0 Å². The van der Waals surface area contributed by atoms with Gasteiger partial charge in [0.1, 0.15) is 5.78 Å². The Labute approximate surface area is 187 Å². The molecule has 0 aromatic rings. The molecule has 0 amide bonds. The summed E-state index contributed by atoms with van der Waals surface area (Å²) >= 11 is 0. The lowest BCUT2D eigenvalue weighted by Crippen LogP contribution is -2.58. The van der Waals surface area contributed by atoms with E-state index < -0.39 is 5.60 Å². The van der Waals surface area contributed by atoms with E-state index in [-0.39, 0.29) is 23.4 Å². The van der Waals surface area contributed by atoms with Crippen LogP contribution < -0.4 is 0 Å². The monoisotopic (exact) mass is 433 g/mol. The molecule has 0 aromatic heterocycles. The Morgan fingerprint density at radius 3 is 2.52 bits per heavy atom. The van der Waals surface area contributed by atoms with E-state index in [4.69, 9.17) is 4.74 Å². The van der Waals surface area contributed by atoms with Crippen molar-refractivity contribution >= 4 is 5.78 Å². The standard InChI is InChI=1S/C26H43NO4/c1-24(30)9-10-26(17-28)18(15-24)3-4-19-20-5-6-22(25(20,2)8-7-21(19)26)23(29)16-27-11-13-31-14-12-27/h18-22,28,30H,3-17H2,1-2H3. The van der Waals surface area contributed by atoms with Crippen LogP contribution in [0.2, 0.25) is 0 Å². The number of ether oxygens (including phenoxy) is 1. The summed E-state index contributed by atoms with van der Waals surface area (Å²) < 4.78 is 5.46. The second kappa shape index (κ2) is 8.07. The van der Waals surface area contributed by atoms with Gasteiger partial charge < -0.3 is 14.9 Å². The zero-order valence-electron chi connectivity index (χ0n) is 19.7. The number of hydrogen-bond acceptors (Lipinski definition) is 5. The van der Waals surface area contributed by atoms with Crippen molar-refractivity contribution in [3.63, 3.8) is 0 Å². The fourth-order valence-electron chi connectivity index (χ4n) is 9.16. The number of Topliss-reactive ketones (excluding diaryl/α,β-unsaturated/α-hetero) is 1. The number of fused-ring (bicyclic) bond motifs is 5. The van der Waals surface area contributed by atoms with Crippen LogP contribution in [0, 0.1) is 40.4 Å². The minimum atomic E-state index is -0.566. The number of aliphatic hydroxyl groups excluding tert-OH is 1. The molecule has 4 aliphatic carbocycles. The number of aliphatic hydroxyl groups is 2. The van der Waals surface area contributed by atoms with Crippen molar-refractivity contribution in [2.45, 2.75) is 77.2 Å². The Hall–Kier alpha value is -0.490. The SMILES string of the molecule is CC1(O)CCC2(CO)C(CCC3C4CCC(C(=O)CN5CCOCC5)C4(C)CCC32)C1. The molecule has 5 heteroatoms. The van der Waals surface area contributed by atoms with Gasteiger partial charge >= 0.3 is 0 Å². The van der Waals surface area contributed by atoms with Crippen LogP contribution in [0.3, 0.4) is 0 Å². The van der Waals surface area contributed by atoms with Crippen LogP contribution >= 0.6 is 0 Å². The molecule has 0 aromatic carbocycles. The Morgan fingerprint density at radius 2 is 1.77 bits per heavy atom. The summed E-state index contributed by atoms with van der Waals surface area (Å²) in [7, 11) is 0. The van der Waals surface area contributed by atoms with Crippen LogP contribution in [-0.4, -0.2) is 66.0 Å². The molecule has 4 saturated carbocycles. The fraction of sp³-hybridized carbons (Fsp3) is 0.962. The highest BCUT2D eigenvalue weighted by molar-refractivity contribution is 5.84. The summed E-state index contributed by atoms with van der Waals surface area (Å²) in [6.07, 6.45) is 9.50. The maximum absolute atomic E-state index is 13.4. The summed E-state index contributed by atoms with van der Waals surface area (Å²) in [6, 6.07) is 0. The number of ketones is 1. The molecular formula is C26H43NO4. The predicted octanol–water partition coefficient (Wildman–Crippen LogP) is 3.27. The third kappa shape index (κ3) is 3.62. The molecule has 5 rings (SSSR count). The molecule has 8 unspecified atom stereocenters. The van der Waals surface area contributed by atoms with Crippen LogP contribution in [0.15, 0.2) is 0 Å². The van der Waals surface area contributed by atoms with Gasteiger partial charge in [0, 0.05) is 25.6 Å². The zero-order chi connectivity index (χ0) is 21.9. The maximum Gasteiger partial charge on any atom is 0.150 e. The van der Waals surface area contributed by atoms with Crippen molar-refractivity contribution in [3.05, 3.63) is 0 Å². The third-order valence-corrected chi connectivity index (χ3v) is 10.8. The van der Waals surface area contributed by atoms with E-state index in [0.717, 1.165) is 71.2 Å². The van der Waals surface area contributed by atoms with Crippen LogP contribution in [0.25, 0.3) is 0 Å². The lowest BCUT2D eigenvalue weighted by atomic mass is 9.43. The lowest BCUT2D eigenvalue weighted by Gasteiger charge is -2.62. The van der Waals surface area contributed by atoms with Gasteiger partial charge in [-0.2, -0.15) is 0 Å². The number of hydrogen-bond donors (Lipinski definition) is 2. The molecule has 8 atom stereocenters. The average Bonchev–Trinajstić information content (AvgIpc) is 3.11. The van der Waals surface area contributed by atoms with Crippen molar-refractivity contribution in [1.82, 2.24) is 4.90 Å². The van der Waals surface area contributed by atoms with Crippen molar-refractivity contribution in [2.24, 2.45) is 40.4 Å².